The molecule has 140 valence electrons. The molecule has 0 saturated heterocycles. The van der Waals surface area contributed by atoms with Gasteiger partial charge in [0, 0.05) is 25.2 Å². The fourth-order valence-electron chi connectivity index (χ4n) is 1.88. The van der Waals surface area contributed by atoms with Crippen molar-refractivity contribution < 1.29 is 22.7 Å². The van der Waals surface area contributed by atoms with Crippen LogP contribution in [0.15, 0.2) is 39.9 Å². The fourth-order valence-corrected chi connectivity index (χ4v) is 3.90. The van der Waals surface area contributed by atoms with Crippen molar-refractivity contribution in [2.24, 2.45) is 0 Å². The molecule has 10 heteroatoms. The number of hydrogen-bond acceptors (Lipinski definition) is 6. The van der Waals surface area contributed by atoms with Crippen molar-refractivity contribution in [3.05, 3.63) is 45.6 Å². The Morgan fingerprint density at radius 1 is 1.27 bits per heavy atom. The number of thiophene rings is 1. The number of esters is 1. The first-order valence-corrected chi connectivity index (χ1v) is 10.1. The first-order chi connectivity index (χ1) is 12.1. The summed E-state index contributed by atoms with van der Waals surface area (Å²) in [6.07, 6.45) is -1.06. The molecule has 0 aliphatic carbocycles. The molecule has 2 aromatic rings. The highest BCUT2D eigenvalue weighted by Crippen LogP contribution is 2.27. The van der Waals surface area contributed by atoms with E-state index in [-0.39, 0.29) is 15.6 Å². The number of benzene rings is 1. The molecule has 1 aromatic heterocycles. The maximum absolute atomic E-state index is 12.3. The minimum atomic E-state index is -3.77. The summed E-state index contributed by atoms with van der Waals surface area (Å²) >= 11 is 7.30. The summed E-state index contributed by atoms with van der Waals surface area (Å²) in [6, 6.07) is 5.68. The molecule has 2 rings (SSSR count). The highest BCUT2D eigenvalue weighted by atomic mass is 35.5. The zero-order valence-corrected chi connectivity index (χ0v) is 16.6. The number of nitrogens with one attached hydrogen (secondary N) is 1. The van der Waals surface area contributed by atoms with E-state index in [1.165, 1.54) is 50.6 Å². The van der Waals surface area contributed by atoms with Crippen LogP contribution in [0.5, 0.6) is 0 Å². The Morgan fingerprint density at radius 2 is 1.96 bits per heavy atom. The van der Waals surface area contributed by atoms with E-state index in [4.69, 9.17) is 16.3 Å². The molecule has 1 heterocycles. The number of carbonyl (C=O) groups excluding carboxylic acids is 2. The molecule has 0 aliphatic heterocycles. The van der Waals surface area contributed by atoms with Gasteiger partial charge in [-0.25, -0.2) is 17.5 Å². The predicted molar refractivity (Wildman–Crippen MR) is 100 cm³/mol. The Balaban J connectivity index is 2.13. The molecule has 26 heavy (non-hydrogen) atoms. The third-order valence-electron chi connectivity index (χ3n) is 3.37. The van der Waals surface area contributed by atoms with Gasteiger partial charge in [-0.2, -0.15) is 11.3 Å². The molecule has 7 nitrogen and oxygen atoms in total. The van der Waals surface area contributed by atoms with Gasteiger partial charge in [0.15, 0.2) is 6.10 Å². The monoisotopic (exact) mass is 416 g/mol. The first-order valence-electron chi connectivity index (χ1n) is 7.39. The number of rotatable bonds is 6. The second-order valence-corrected chi connectivity index (χ2v) is 8.79. The highest BCUT2D eigenvalue weighted by Gasteiger charge is 2.23. The van der Waals surface area contributed by atoms with Crippen molar-refractivity contribution in [1.82, 2.24) is 4.31 Å². The molecule has 0 saturated carbocycles. The Labute approximate surface area is 160 Å². The lowest BCUT2D eigenvalue weighted by molar-refractivity contribution is -0.123. The maximum atomic E-state index is 12.3. The summed E-state index contributed by atoms with van der Waals surface area (Å²) in [4.78, 5) is 24.0. The lowest BCUT2D eigenvalue weighted by Gasteiger charge is -2.16. The predicted octanol–water partition coefficient (Wildman–Crippen LogP) is 2.84. The lowest BCUT2D eigenvalue weighted by atomic mass is 10.3. The van der Waals surface area contributed by atoms with E-state index in [1.807, 2.05) is 0 Å². The van der Waals surface area contributed by atoms with Crippen LogP contribution in [0, 0.1) is 0 Å². The van der Waals surface area contributed by atoms with Crippen LogP contribution in [0.25, 0.3) is 0 Å². The third kappa shape index (κ3) is 4.61. The van der Waals surface area contributed by atoms with E-state index in [2.05, 4.69) is 5.32 Å². The van der Waals surface area contributed by atoms with Gasteiger partial charge < -0.3 is 10.1 Å². The van der Waals surface area contributed by atoms with E-state index in [1.54, 1.807) is 16.8 Å². The van der Waals surface area contributed by atoms with E-state index < -0.39 is 28.0 Å². The average molecular weight is 417 g/mol. The average Bonchev–Trinajstić information content (AvgIpc) is 3.10. The molecule has 0 bridgehead atoms. The largest absolute Gasteiger partial charge is 0.449 e. The molecular formula is C16H17ClN2O5S2. The molecule has 1 N–H and O–H groups in total. The van der Waals surface area contributed by atoms with Crippen molar-refractivity contribution in [2.75, 3.05) is 19.4 Å². The van der Waals surface area contributed by atoms with E-state index in [9.17, 15) is 18.0 Å². The van der Waals surface area contributed by atoms with Gasteiger partial charge in [0.25, 0.3) is 5.91 Å². The second-order valence-electron chi connectivity index (χ2n) is 5.48. The van der Waals surface area contributed by atoms with Crippen LogP contribution in [-0.2, 0) is 19.6 Å². The fraction of sp³-hybridized carbons (Fsp3) is 0.250. The van der Waals surface area contributed by atoms with Crippen LogP contribution in [0.3, 0.4) is 0 Å². The molecule has 1 aromatic carbocycles. The number of halogens is 1. The van der Waals surface area contributed by atoms with Crippen LogP contribution >= 0.6 is 22.9 Å². The molecule has 1 atom stereocenters. The van der Waals surface area contributed by atoms with Gasteiger partial charge in [-0.1, -0.05) is 11.6 Å². The van der Waals surface area contributed by atoms with Crippen LogP contribution < -0.4 is 5.32 Å². The third-order valence-corrected chi connectivity index (χ3v) is 6.35. The zero-order chi connectivity index (χ0) is 19.5. The van der Waals surface area contributed by atoms with Gasteiger partial charge in [0.05, 0.1) is 10.6 Å². The first kappa shape index (κ1) is 20.4. The van der Waals surface area contributed by atoms with E-state index >= 15 is 0 Å². The highest BCUT2D eigenvalue weighted by molar-refractivity contribution is 7.89. The topological polar surface area (TPSA) is 92.8 Å². The summed E-state index contributed by atoms with van der Waals surface area (Å²) in [6.45, 7) is 1.42. The Morgan fingerprint density at radius 3 is 2.54 bits per heavy atom. The number of sulfonamides is 1. The van der Waals surface area contributed by atoms with Gasteiger partial charge in [-0.3, -0.25) is 4.79 Å². The number of ether oxygens (including phenoxy) is 1. The van der Waals surface area contributed by atoms with Crippen molar-refractivity contribution in [1.29, 1.82) is 0 Å². The Hall–Kier alpha value is -1.94. The number of amides is 1. The summed E-state index contributed by atoms with van der Waals surface area (Å²) in [5.74, 6) is -1.20. The van der Waals surface area contributed by atoms with Crippen molar-refractivity contribution in [3.63, 3.8) is 0 Å². The summed E-state index contributed by atoms with van der Waals surface area (Å²) in [5.41, 5.74) is 0.582. The smallest absolute Gasteiger partial charge is 0.339 e. The normalized spacial score (nSPS) is 12.7. The van der Waals surface area contributed by atoms with Crippen molar-refractivity contribution in [2.45, 2.75) is 17.9 Å². The Bertz CT molecular complexity index is 911. The quantitative estimate of drug-likeness (QED) is 0.731. The zero-order valence-electron chi connectivity index (χ0n) is 14.2. The van der Waals surface area contributed by atoms with Gasteiger partial charge in [-0.05, 0) is 36.6 Å². The van der Waals surface area contributed by atoms with Crippen molar-refractivity contribution in [3.8, 4) is 0 Å². The number of carbonyl (C=O) groups is 2. The molecule has 1 amide bonds. The standard InChI is InChI=1S/C16H17ClN2O5S2/c1-10(24-16(21)11-6-7-25-9-11)15(20)18-12-4-5-13(17)14(8-12)26(22,23)19(2)3/h4-10H,1-3H3,(H,18,20)/t10-/m1/s1. The molecular weight excluding hydrogens is 400 g/mol. The SMILES string of the molecule is C[C@@H](OC(=O)c1ccsc1)C(=O)Nc1ccc(Cl)c(S(=O)(=O)N(C)C)c1. The second kappa shape index (κ2) is 8.17. The minimum Gasteiger partial charge on any atom is -0.449 e. The Kier molecular flexibility index (Phi) is 6.40. The minimum absolute atomic E-state index is 0.0358. The van der Waals surface area contributed by atoms with E-state index in [0.717, 1.165) is 4.31 Å². The van der Waals surface area contributed by atoms with Crippen LogP contribution in [0.2, 0.25) is 5.02 Å². The van der Waals surface area contributed by atoms with E-state index in [0.29, 0.717) is 5.56 Å². The summed E-state index contributed by atoms with van der Waals surface area (Å²) in [7, 11) is -1.01. The van der Waals surface area contributed by atoms with Gasteiger partial charge in [0.2, 0.25) is 10.0 Å². The number of hydrogen-bond donors (Lipinski definition) is 1. The molecule has 0 spiro atoms. The van der Waals surface area contributed by atoms with Crippen LogP contribution in [-0.4, -0.2) is 44.8 Å². The summed E-state index contributed by atoms with van der Waals surface area (Å²) in [5, 5.41) is 5.89. The molecule has 0 unspecified atom stereocenters. The maximum Gasteiger partial charge on any atom is 0.339 e. The lowest BCUT2D eigenvalue weighted by Crippen LogP contribution is -2.30. The van der Waals surface area contributed by atoms with Crippen molar-refractivity contribution >= 4 is 50.5 Å². The number of nitrogens with zero attached hydrogens (tertiary/aromatic N) is 1. The summed E-state index contributed by atoms with van der Waals surface area (Å²) < 4.78 is 30.6. The van der Waals surface area contributed by atoms with Crippen LogP contribution in [0.4, 0.5) is 5.69 Å². The van der Waals surface area contributed by atoms with Crippen LogP contribution in [0.1, 0.15) is 17.3 Å². The molecule has 0 aliphatic rings. The number of anilines is 1. The van der Waals surface area contributed by atoms with Gasteiger partial charge in [0.1, 0.15) is 4.90 Å². The molecule has 0 radical (unpaired) electrons. The molecule has 0 fully saturated rings. The van der Waals surface area contributed by atoms with Gasteiger partial charge in [-0.15, -0.1) is 0 Å². The van der Waals surface area contributed by atoms with Gasteiger partial charge >= 0.3 is 5.97 Å².